The summed E-state index contributed by atoms with van der Waals surface area (Å²) in [6, 6.07) is 19.0. The molecule has 0 unspecified atom stereocenters. The topological polar surface area (TPSA) is 52.7 Å². The Morgan fingerprint density at radius 2 is 1.82 bits per heavy atom. The third-order valence-corrected chi connectivity index (χ3v) is 6.57. The van der Waals surface area contributed by atoms with Gasteiger partial charge in [0.05, 0.1) is 5.69 Å². The number of amides is 2. The molecule has 0 spiro atoms. The molecule has 0 aliphatic carbocycles. The number of nitrogens with zero attached hydrogens (tertiary/aromatic N) is 2. The Bertz CT molecular complexity index is 1360. The number of anilines is 2. The summed E-state index contributed by atoms with van der Waals surface area (Å²) in [5.41, 5.74) is 4.38. The van der Waals surface area contributed by atoms with Crippen molar-refractivity contribution >= 4 is 58.2 Å². The molecule has 5 nitrogen and oxygen atoms in total. The molecule has 1 N–H and O–H groups in total. The third-order valence-electron chi connectivity index (χ3n) is 5.91. The van der Waals surface area contributed by atoms with Crippen LogP contribution >= 0.6 is 23.8 Å². The average molecular weight is 492 g/mol. The van der Waals surface area contributed by atoms with Gasteiger partial charge in [0.15, 0.2) is 5.11 Å². The van der Waals surface area contributed by atoms with Gasteiger partial charge < -0.3 is 4.90 Å². The Kier molecular flexibility index (Phi) is 5.89. The van der Waals surface area contributed by atoms with Crippen LogP contribution in [-0.4, -0.2) is 23.5 Å². The average Bonchev–Trinajstić information content (AvgIpc) is 3.21. The first-order chi connectivity index (χ1) is 16.4. The van der Waals surface area contributed by atoms with Crippen molar-refractivity contribution in [3.05, 3.63) is 99.8 Å². The normalized spacial score (nSPS) is 16.8. The van der Waals surface area contributed by atoms with Crippen LogP contribution in [0.4, 0.5) is 15.8 Å². The Hall–Kier alpha value is -3.55. The Balaban J connectivity index is 1.41. The maximum atomic E-state index is 13.3. The molecule has 3 aromatic rings. The van der Waals surface area contributed by atoms with E-state index in [1.54, 1.807) is 6.08 Å². The molecule has 170 valence electrons. The van der Waals surface area contributed by atoms with Crippen molar-refractivity contribution in [1.29, 1.82) is 0 Å². The summed E-state index contributed by atoms with van der Waals surface area (Å²) >= 11 is 11.5. The fraction of sp³-hybridized carbons (Fsp3) is 0.115. The molecule has 0 radical (unpaired) electrons. The van der Waals surface area contributed by atoms with Gasteiger partial charge in [-0.1, -0.05) is 35.9 Å². The van der Waals surface area contributed by atoms with Gasteiger partial charge in [-0.2, -0.15) is 0 Å². The minimum absolute atomic E-state index is 0.0382. The Morgan fingerprint density at radius 1 is 1.06 bits per heavy atom. The van der Waals surface area contributed by atoms with Crippen LogP contribution < -0.4 is 15.1 Å². The van der Waals surface area contributed by atoms with E-state index in [4.69, 9.17) is 23.8 Å². The number of hydrogen-bond acceptors (Lipinski definition) is 4. The van der Waals surface area contributed by atoms with Crippen LogP contribution in [0.5, 0.6) is 0 Å². The zero-order valence-electron chi connectivity index (χ0n) is 17.9. The predicted octanol–water partition coefficient (Wildman–Crippen LogP) is 4.87. The quantitative estimate of drug-likeness (QED) is 0.321. The standard InChI is InChI=1S/C26H19ClFN3O2S/c27-22-4-2-1-3-18(22)15-30-12-11-17-13-16(5-10-23(17)30)14-21-24(32)29-26(34)31(25(21)33)20-8-6-19(28)7-9-20/h1-10,13-14H,11-12,15H2,(H,29,32,34)/b21-14+. The van der Waals surface area contributed by atoms with Crippen LogP contribution in [0.25, 0.3) is 6.08 Å². The summed E-state index contributed by atoms with van der Waals surface area (Å²) in [6.45, 7) is 1.56. The van der Waals surface area contributed by atoms with Gasteiger partial charge in [-0.05, 0) is 83.9 Å². The van der Waals surface area contributed by atoms with Gasteiger partial charge in [0.2, 0.25) is 0 Å². The number of hydrogen-bond donors (Lipinski definition) is 1. The van der Waals surface area contributed by atoms with Gasteiger partial charge in [-0.15, -0.1) is 0 Å². The smallest absolute Gasteiger partial charge is 0.270 e. The summed E-state index contributed by atoms with van der Waals surface area (Å²) in [7, 11) is 0. The molecule has 0 aromatic heterocycles. The first-order valence-corrected chi connectivity index (χ1v) is 11.5. The second kappa shape index (κ2) is 9.00. The van der Waals surface area contributed by atoms with Gasteiger partial charge in [-0.3, -0.25) is 19.8 Å². The third kappa shape index (κ3) is 4.20. The molecule has 1 fully saturated rings. The zero-order valence-corrected chi connectivity index (χ0v) is 19.5. The highest BCUT2D eigenvalue weighted by atomic mass is 35.5. The van der Waals surface area contributed by atoms with Crippen molar-refractivity contribution in [3.8, 4) is 0 Å². The van der Waals surface area contributed by atoms with Gasteiger partial charge in [0.1, 0.15) is 11.4 Å². The monoisotopic (exact) mass is 491 g/mol. The van der Waals surface area contributed by atoms with E-state index in [1.165, 1.54) is 29.2 Å². The van der Waals surface area contributed by atoms with E-state index >= 15 is 0 Å². The van der Waals surface area contributed by atoms with E-state index in [9.17, 15) is 14.0 Å². The van der Waals surface area contributed by atoms with E-state index in [0.717, 1.165) is 40.4 Å². The van der Waals surface area contributed by atoms with Crippen LogP contribution in [0, 0.1) is 5.82 Å². The zero-order chi connectivity index (χ0) is 23.8. The van der Waals surface area contributed by atoms with Crippen molar-refractivity contribution in [2.24, 2.45) is 0 Å². The van der Waals surface area contributed by atoms with Crippen molar-refractivity contribution in [3.63, 3.8) is 0 Å². The minimum atomic E-state index is -0.561. The molecule has 0 atom stereocenters. The molecule has 2 aliphatic heterocycles. The molecule has 3 aromatic carbocycles. The van der Waals surface area contributed by atoms with Gasteiger partial charge >= 0.3 is 0 Å². The van der Waals surface area contributed by atoms with E-state index in [2.05, 4.69) is 10.2 Å². The fourth-order valence-electron chi connectivity index (χ4n) is 4.23. The summed E-state index contributed by atoms with van der Waals surface area (Å²) in [5.74, 6) is -1.55. The van der Waals surface area contributed by atoms with E-state index in [0.29, 0.717) is 12.2 Å². The molecule has 5 rings (SSSR count). The van der Waals surface area contributed by atoms with E-state index < -0.39 is 17.6 Å². The van der Waals surface area contributed by atoms with Crippen LogP contribution in [-0.2, 0) is 22.6 Å². The molecule has 0 saturated carbocycles. The molecule has 34 heavy (non-hydrogen) atoms. The number of fused-ring (bicyclic) bond motifs is 1. The molecule has 8 heteroatoms. The maximum absolute atomic E-state index is 13.3. The number of carbonyl (C=O) groups excluding carboxylic acids is 2. The second-order valence-electron chi connectivity index (χ2n) is 8.09. The molecular formula is C26H19ClFN3O2S. The lowest BCUT2D eigenvalue weighted by atomic mass is 10.0. The van der Waals surface area contributed by atoms with Crippen molar-refractivity contribution in [2.75, 3.05) is 16.3 Å². The Morgan fingerprint density at radius 3 is 2.59 bits per heavy atom. The first-order valence-electron chi connectivity index (χ1n) is 10.7. The summed E-state index contributed by atoms with van der Waals surface area (Å²) < 4.78 is 13.3. The molecule has 1 saturated heterocycles. The van der Waals surface area contributed by atoms with Crippen LogP contribution in [0.1, 0.15) is 16.7 Å². The summed E-state index contributed by atoms with van der Waals surface area (Å²) in [4.78, 5) is 29.2. The predicted molar refractivity (Wildman–Crippen MR) is 135 cm³/mol. The van der Waals surface area contributed by atoms with Crippen LogP contribution in [0.2, 0.25) is 5.02 Å². The van der Waals surface area contributed by atoms with E-state index in [-0.39, 0.29) is 10.7 Å². The highest BCUT2D eigenvalue weighted by molar-refractivity contribution is 7.80. The van der Waals surface area contributed by atoms with Gasteiger partial charge in [0.25, 0.3) is 11.8 Å². The lowest BCUT2D eigenvalue weighted by Crippen LogP contribution is -2.54. The van der Waals surface area contributed by atoms with Crippen LogP contribution in [0.15, 0.2) is 72.3 Å². The number of carbonyl (C=O) groups is 2. The lowest BCUT2D eigenvalue weighted by Gasteiger charge is -2.28. The molecule has 2 amide bonds. The summed E-state index contributed by atoms with van der Waals surface area (Å²) in [5, 5.41) is 3.25. The number of nitrogens with one attached hydrogen (secondary N) is 1. The molecule has 2 aliphatic rings. The number of halogens is 2. The highest BCUT2D eigenvalue weighted by Crippen LogP contribution is 2.32. The number of benzene rings is 3. The minimum Gasteiger partial charge on any atom is -0.367 e. The number of rotatable bonds is 4. The lowest BCUT2D eigenvalue weighted by molar-refractivity contribution is -0.122. The fourth-order valence-corrected chi connectivity index (χ4v) is 4.70. The Labute approximate surface area is 206 Å². The van der Waals surface area contributed by atoms with Crippen LogP contribution in [0.3, 0.4) is 0 Å². The largest absolute Gasteiger partial charge is 0.367 e. The maximum Gasteiger partial charge on any atom is 0.270 e. The molecular weight excluding hydrogens is 473 g/mol. The van der Waals surface area contributed by atoms with Crippen molar-refractivity contribution < 1.29 is 14.0 Å². The van der Waals surface area contributed by atoms with Crippen molar-refractivity contribution in [2.45, 2.75) is 13.0 Å². The van der Waals surface area contributed by atoms with Gasteiger partial charge in [-0.25, -0.2) is 4.39 Å². The van der Waals surface area contributed by atoms with Crippen molar-refractivity contribution in [1.82, 2.24) is 5.32 Å². The summed E-state index contributed by atoms with van der Waals surface area (Å²) in [6.07, 6.45) is 2.41. The SMILES string of the molecule is O=C1NC(=S)N(c2ccc(F)cc2)C(=O)/C1=C/c1ccc2c(c1)CCN2Cc1ccccc1Cl. The number of thiocarbonyl (C=S) groups is 1. The highest BCUT2D eigenvalue weighted by Gasteiger charge is 2.34. The molecule has 2 heterocycles. The van der Waals surface area contributed by atoms with E-state index in [1.807, 2.05) is 42.5 Å². The van der Waals surface area contributed by atoms with Gasteiger partial charge in [0, 0.05) is 23.8 Å². The molecule has 0 bridgehead atoms. The second-order valence-corrected chi connectivity index (χ2v) is 8.88. The first kappa shape index (κ1) is 22.3.